The van der Waals surface area contributed by atoms with Crippen LogP contribution in [0.1, 0.15) is 17.5 Å². The summed E-state index contributed by atoms with van der Waals surface area (Å²) >= 11 is 3.15. The average Bonchev–Trinajstić information content (AvgIpc) is 2.84. The summed E-state index contributed by atoms with van der Waals surface area (Å²) in [5.41, 5.74) is 0. The van der Waals surface area contributed by atoms with Crippen LogP contribution < -0.4 is 5.32 Å². The minimum Gasteiger partial charge on any atom is -0.444 e. The predicted octanol–water partition coefficient (Wildman–Crippen LogP) is 1.36. The average molecular weight is 381 g/mol. The van der Waals surface area contributed by atoms with Gasteiger partial charge >= 0.3 is 0 Å². The van der Waals surface area contributed by atoms with Crippen LogP contribution in [-0.4, -0.2) is 60.9 Å². The Balaban J connectivity index is 0.00000220. The molecule has 0 radical (unpaired) electrons. The molecule has 1 aromatic rings. The minimum absolute atomic E-state index is 0. The van der Waals surface area contributed by atoms with E-state index in [0.29, 0.717) is 11.2 Å². The van der Waals surface area contributed by atoms with Gasteiger partial charge in [0.15, 0.2) is 10.4 Å². The van der Waals surface area contributed by atoms with Crippen molar-refractivity contribution in [2.75, 3.05) is 33.2 Å². The van der Waals surface area contributed by atoms with Crippen LogP contribution in [0.25, 0.3) is 0 Å². The van der Waals surface area contributed by atoms with Crippen molar-refractivity contribution in [2.45, 2.75) is 13.0 Å². The first-order valence-corrected chi connectivity index (χ1v) is 7.29. The topological polar surface area (TPSA) is 65.8 Å². The molecule has 1 aromatic heterocycles. The zero-order chi connectivity index (χ0) is 14.7. The fourth-order valence-corrected chi connectivity index (χ4v) is 2.50. The number of amides is 2. The van der Waals surface area contributed by atoms with E-state index in [2.05, 4.69) is 21.2 Å². The van der Waals surface area contributed by atoms with Crippen molar-refractivity contribution < 1.29 is 14.0 Å². The van der Waals surface area contributed by atoms with E-state index in [-0.39, 0.29) is 42.6 Å². The molecule has 1 saturated heterocycles. The Labute approximate surface area is 138 Å². The van der Waals surface area contributed by atoms with Gasteiger partial charge in [-0.1, -0.05) is 0 Å². The summed E-state index contributed by atoms with van der Waals surface area (Å²) in [6, 6.07) is 3.39. The summed E-state index contributed by atoms with van der Waals surface area (Å²) in [5.74, 6) is -0.118. The van der Waals surface area contributed by atoms with Gasteiger partial charge in [-0.15, -0.1) is 12.4 Å². The normalized spacial score (nSPS) is 18.0. The van der Waals surface area contributed by atoms with E-state index in [1.54, 1.807) is 24.1 Å². The Morgan fingerprint density at radius 1 is 1.52 bits per heavy atom. The minimum atomic E-state index is -0.299. The second-order valence-electron chi connectivity index (χ2n) is 4.91. The van der Waals surface area contributed by atoms with Crippen LogP contribution in [0.15, 0.2) is 21.2 Å². The molecule has 21 heavy (non-hydrogen) atoms. The molecule has 118 valence electrons. The fraction of sp³-hybridized carbons (Fsp3) is 0.538. The van der Waals surface area contributed by atoms with Crippen LogP contribution in [-0.2, 0) is 4.79 Å². The Hall–Kier alpha value is -1.05. The number of halogens is 2. The molecule has 1 N–H and O–H groups in total. The molecule has 0 bridgehead atoms. The van der Waals surface area contributed by atoms with E-state index in [1.165, 1.54) is 4.90 Å². The van der Waals surface area contributed by atoms with Crippen molar-refractivity contribution in [1.82, 2.24) is 15.1 Å². The van der Waals surface area contributed by atoms with Gasteiger partial charge in [-0.3, -0.25) is 9.59 Å². The quantitative estimate of drug-likeness (QED) is 0.860. The maximum absolute atomic E-state index is 12.2. The number of likely N-dealkylation sites (N-methyl/N-ethyl adjacent to an activating group) is 1. The van der Waals surface area contributed by atoms with E-state index in [0.717, 1.165) is 13.1 Å². The molecule has 0 saturated carbocycles. The molecule has 1 fully saturated rings. The standard InChI is InChI=1S/C13H18BrN3O3.ClH/c1-9-7-15-5-6-17(9)12(18)8-16(2)13(19)10-3-4-11(14)20-10;/h3-4,9,15H,5-8H2,1-2H3;1H/t9-;/m1./s1. The number of rotatable bonds is 3. The summed E-state index contributed by atoms with van der Waals surface area (Å²) in [4.78, 5) is 27.5. The second kappa shape index (κ2) is 7.82. The molecule has 0 unspecified atom stereocenters. The molecule has 0 aliphatic carbocycles. The van der Waals surface area contributed by atoms with Gasteiger partial charge in [-0.05, 0) is 35.0 Å². The Kier molecular flexibility index (Phi) is 6.70. The predicted molar refractivity (Wildman–Crippen MR) is 84.7 cm³/mol. The van der Waals surface area contributed by atoms with Crippen LogP contribution in [0.5, 0.6) is 0 Å². The molecule has 1 aliphatic heterocycles. The van der Waals surface area contributed by atoms with Crippen LogP contribution in [0.2, 0.25) is 0 Å². The fourth-order valence-electron chi connectivity index (χ4n) is 2.19. The zero-order valence-electron chi connectivity index (χ0n) is 12.0. The number of nitrogens with one attached hydrogen (secondary N) is 1. The molecule has 6 nitrogen and oxygen atoms in total. The van der Waals surface area contributed by atoms with Crippen LogP contribution >= 0.6 is 28.3 Å². The highest BCUT2D eigenvalue weighted by Crippen LogP contribution is 2.15. The zero-order valence-corrected chi connectivity index (χ0v) is 14.4. The lowest BCUT2D eigenvalue weighted by molar-refractivity contribution is -0.134. The van der Waals surface area contributed by atoms with Gasteiger partial charge in [0.05, 0.1) is 6.54 Å². The van der Waals surface area contributed by atoms with E-state index in [4.69, 9.17) is 4.42 Å². The molecule has 2 heterocycles. The molecular formula is C13H19BrClN3O3. The van der Waals surface area contributed by atoms with Crippen molar-refractivity contribution in [3.05, 3.63) is 22.6 Å². The highest BCUT2D eigenvalue weighted by atomic mass is 79.9. The van der Waals surface area contributed by atoms with Gasteiger partial charge in [0.1, 0.15) is 0 Å². The maximum Gasteiger partial charge on any atom is 0.289 e. The first-order chi connectivity index (χ1) is 9.49. The largest absolute Gasteiger partial charge is 0.444 e. The number of hydrogen-bond donors (Lipinski definition) is 1. The third-order valence-electron chi connectivity index (χ3n) is 3.32. The van der Waals surface area contributed by atoms with E-state index in [1.807, 2.05) is 6.92 Å². The van der Waals surface area contributed by atoms with Gasteiger partial charge in [0, 0.05) is 32.7 Å². The number of hydrogen-bond acceptors (Lipinski definition) is 4. The van der Waals surface area contributed by atoms with Crippen molar-refractivity contribution in [1.29, 1.82) is 0 Å². The van der Waals surface area contributed by atoms with Crippen molar-refractivity contribution in [2.24, 2.45) is 0 Å². The second-order valence-corrected chi connectivity index (χ2v) is 5.69. The number of furan rings is 1. The molecular weight excluding hydrogens is 362 g/mol. The summed E-state index contributed by atoms with van der Waals surface area (Å²) in [6.07, 6.45) is 0. The Morgan fingerprint density at radius 2 is 2.24 bits per heavy atom. The lowest BCUT2D eigenvalue weighted by atomic mass is 10.2. The van der Waals surface area contributed by atoms with E-state index >= 15 is 0 Å². The molecule has 2 rings (SSSR count). The molecule has 8 heteroatoms. The van der Waals surface area contributed by atoms with Gasteiger partial charge in [0.2, 0.25) is 5.91 Å². The van der Waals surface area contributed by atoms with E-state index < -0.39 is 0 Å². The van der Waals surface area contributed by atoms with Gasteiger partial charge in [0.25, 0.3) is 5.91 Å². The SMILES string of the molecule is C[C@@H]1CNCCN1C(=O)CN(C)C(=O)c1ccc(Br)o1.Cl. The van der Waals surface area contributed by atoms with Gasteiger partial charge in [-0.25, -0.2) is 0 Å². The van der Waals surface area contributed by atoms with Gasteiger partial charge < -0.3 is 19.5 Å². The van der Waals surface area contributed by atoms with Crippen molar-refractivity contribution in [3.63, 3.8) is 0 Å². The molecule has 1 aliphatic rings. The first-order valence-electron chi connectivity index (χ1n) is 6.50. The number of carbonyl (C=O) groups is 2. The molecule has 2 amide bonds. The third kappa shape index (κ3) is 4.46. The number of carbonyl (C=O) groups excluding carboxylic acids is 2. The summed E-state index contributed by atoms with van der Waals surface area (Å²) in [6.45, 7) is 4.30. The lowest BCUT2D eigenvalue weighted by Gasteiger charge is -2.34. The summed E-state index contributed by atoms with van der Waals surface area (Å²) in [7, 11) is 1.60. The van der Waals surface area contributed by atoms with Crippen molar-refractivity contribution >= 4 is 40.2 Å². The summed E-state index contributed by atoms with van der Waals surface area (Å²) in [5, 5.41) is 3.23. The molecule has 0 spiro atoms. The summed E-state index contributed by atoms with van der Waals surface area (Å²) < 4.78 is 5.70. The third-order valence-corrected chi connectivity index (χ3v) is 3.75. The lowest BCUT2D eigenvalue weighted by Crippen LogP contribution is -2.54. The Bertz CT molecular complexity index is 509. The van der Waals surface area contributed by atoms with Gasteiger partial charge in [-0.2, -0.15) is 0 Å². The van der Waals surface area contributed by atoms with E-state index in [9.17, 15) is 9.59 Å². The Morgan fingerprint density at radius 3 is 2.81 bits per heavy atom. The van der Waals surface area contributed by atoms with Crippen LogP contribution in [0.4, 0.5) is 0 Å². The van der Waals surface area contributed by atoms with Crippen LogP contribution in [0, 0.1) is 0 Å². The van der Waals surface area contributed by atoms with Crippen molar-refractivity contribution in [3.8, 4) is 0 Å². The monoisotopic (exact) mass is 379 g/mol. The highest BCUT2D eigenvalue weighted by Gasteiger charge is 2.25. The highest BCUT2D eigenvalue weighted by molar-refractivity contribution is 9.10. The molecule has 1 atom stereocenters. The smallest absolute Gasteiger partial charge is 0.289 e. The first kappa shape index (κ1) is 18.0. The number of nitrogens with zero attached hydrogens (tertiary/aromatic N) is 2. The number of piperazine rings is 1. The van der Waals surface area contributed by atoms with Crippen LogP contribution in [0.3, 0.4) is 0 Å². The maximum atomic E-state index is 12.2. The molecule has 0 aromatic carbocycles.